The maximum absolute atomic E-state index is 12.5. The minimum atomic E-state index is -0.329. The minimum Gasteiger partial charge on any atom is -0.452 e. The second-order valence-electron chi connectivity index (χ2n) is 9.26. The number of amides is 1. The van der Waals surface area contributed by atoms with Gasteiger partial charge in [-0.1, -0.05) is 0 Å². The Morgan fingerprint density at radius 2 is 2.08 bits per heavy atom. The van der Waals surface area contributed by atoms with Gasteiger partial charge in [-0.05, 0) is 44.9 Å². The highest BCUT2D eigenvalue weighted by Crippen LogP contribution is 2.36. The van der Waals surface area contributed by atoms with Crippen LogP contribution in [0, 0.1) is 6.92 Å². The van der Waals surface area contributed by atoms with Gasteiger partial charge in [0.05, 0.1) is 30.4 Å². The van der Waals surface area contributed by atoms with Gasteiger partial charge < -0.3 is 19.2 Å². The van der Waals surface area contributed by atoms with Crippen LogP contribution in [-0.2, 0) is 44.3 Å². The van der Waals surface area contributed by atoms with E-state index in [1.807, 2.05) is 41.5 Å². The molecule has 0 bridgehead atoms. The standard InChI is InChI=1S/C25H33N9O2/c1-17-6-7-19-20(34(17)25(35)36-4)8-9-21-24(19)28-22(10-14-32-13-5-11-27-32)33(21)15-12-26-16-23-30-29-18(2)31(23)3/h5,8-9,11,13,17,26H,6-7,10,12,14-16H2,1-4H3/t17-/m0/s1. The number of ether oxygens (including phenoxy) is 1. The Kier molecular flexibility index (Phi) is 6.73. The van der Waals surface area contributed by atoms with Gasteiger partial charge >= 0.3 is 6.09 Å². The molecule has 190 valence electrons. The van der Waals surface area contributed by atoms with E-state index < -0.39 is 0 Å². The number of hydrogen-bond donors (Lipinski definition) is 1. The number of anilines is 1. The van der Waals surface area contributed by atoms with Crippen molar-refractivity contribution in [3.05, 3.63) is 53.6 Å². The van der Waals surface area contributed by atoms with Crippen LogP contribution in [0.3, 0.4) is 0 Å². The van der Waals surface area contributed by atoms with Crippen LogP contribution in [-0.4, -0.2) is 59.9 Å². The van der Waals surface area contributed by atoms with Crippen molar-refractivity contribution in [2.24, 2.45) is 7.05 Å². The maximum atomic E-state index is 12.5. The van der Waals surface area contributed by atoms with Crippen molar-refractivity contribution in [2.45, 2.75) is 58.8 Å². The molecule has 4 aromatic rings. The Labute approximate surface area is 210 Å². The number of carbonyl (C=O) groups is 1. The zero-order valence-corrected chi connectivity index (χ0v) is 21.3. The van der Waals surface area contributed by atoms with Crippen molar-refractivity contribution in [1.29, 1.82) is 0 Å². The fourth-order valence-electron chi connectivity index (χ4n) is 4.94. The van der Waals surface area contributed by atoms with E-state index in [-0.39, 0.29) is 12.1 Å². The van der Waals surface area contributed by atoms with E-state index in [9.17, 15) is 4.79 Å². The van der Waals surface area contributed by atoms with Crippen LogP contribution < -0.4 is 10.2 Å². The summed E-state index contributed by atoms with van der Waals surface area (Å²) in [6.45, 7) is 6.92. The summed E-state index contributed by atoms with van der Waals surface area (Å²) >= 11 is 0. The molecular weight excluding hydrogens is 458 g/mol. The summed E-state index contributed by atoms with van der Waals surface area (Å²) in [5, 5.41) is 16.2. The molecule has 1 N–H and O–H groups in total. The molecule has 0 saturated carbocycles. The molecule has 11 nitrogen and oxygen atoms in total. The fraction of sp³-hybridized carbons (Fsp3) is 0.480. The van der Waals surface area contributed by atoms with E-state index in [2.05, 4.69) is 38.2 Å². The summed E-state index contributed by atoms with van der Waals surface area (Å²) < 4.78 is 11.3. The molecule has 5 rings (SSSR count). The fourth-order valence-corrected chi connectivity index (χ4v) is 4.94. The molecule has 1 amide bonds. The molecule has 0 fully saturated rings. The molecule has 1 aromatic carbocycles. The first kappa shape index (κ1) is 24.0. The SMILES string of the molecule is COC(=O)N1c2ccc3c(nc(CCn4cccn4)n3CCNCc3nnc(C)n3C)c2CC[C@@H]1C. The minimum absolute atomic E-state index is 0.0808. The average Bonchev–Trinajstić information content (AvgIpc) is 3.60. The molecular formula is C25H33N9O2. The maximum Gasteiger partial charge on any atom is 0.414 e. The number of rotatable bonds is 8. The summed E-state index contributed by atoms with van der Waals surface area (Å²) in [6, 6.07) is 6.13. The normalized spacial score (nSPS) is 15.4. The molecule has 11 heteroatoms. The smallest absolute Gasteiger partial charge is 0.414 e. The lowest BCUT2D eigenvalue weighted by Crippen LogP contribution is -2.42. The Bertz CT molecular complexity index is 1360. The largest absolute Gasteiger partial charge is 0.452 e. The Balaban J connectivity index is 1.44. The number of imidazole rings is 1. The van der Waals surface area contributed by atoms with Crippen molar-refractivity contribution in [3.63, 3.8) is 0 Å². The Hall–Kier alpha value is -3.73. The van der Waals surface area contributed by atoms with Gasteiger partial charge in [-0.2, -0.15) is 5.10 Å². The highest BCUT2D eigenvalue weighted by atomic mass is 16.5. The van der Waals surface area contributed by atoms with Gasteiger partial charge in [-0.25, -0.2) is 9.78 Å². The van der Waals surface area contributed by atoms with Crippen LogP contribution in [0.1, 0.15) is 36.4 Å². The number of methoxy groups -OCH3 is 1. The molecule has 1 aliphatic rings. The summed E-state index contributed by atoms with van der Waals surface area (Å²) in [7, 11) is 3.41. The van der Waals surface area contributed by atoms with Crippen molar-refractivity contribution in [2.75, 3.05) is 18.6 Å². The molecule has 0 spiro atoms. The first-order chi connectivity index (χ1) is 17.5. The summed E-state index contributed by atoms with van der Waals surface area (Å²) in [5.41, 5.74) is 4.05. The van der Waals surface area contributed by atoms with E-state index in [0.29, 0.717) is 6.54 Å². The number of fused-ring (bicyclic) bond motifs is 3. The van der Waals surface area contributed by atoms with Gasteiger partial charge in [-0.15, -0.1) is 10.2 Å². The van der Waals surface area contributed by atoms with Crippen molar-refractivity contribution < 1.29 is 9.53 Å². The topological polar surface area (TPSA) is 108 Å². The predicted molar refractivity (Wildman–Crippen MR) is 136 cm³/mol. The molecule has 0 unspecified atom stereocenters. The van der Waals surface area contributed by atoms with Crippen molar-refractivity contribution >= 4 is 22.8 Å². The van der Waals surface area contributed by atoms with E-state index >= 15 is 0 Å². The molecule has 4 heterocycles. The molecule has 0 radical (unpaired) electrons. The van der Waals surface area contributed by atoms with Gasteiger partial charge in [0.1, 0.15) is 17.5 Å². The quantitative estimate of drug-likeness (QED) is 0.378. The molecule has 36 heavy (non-hydrogen) atoms. The summed E-state index contributed by atoms with van der Waals surface area (Å²) in [4.78, 5) is 19.4. The number of nitrogens with one attached hydrogen (secondary N) is 1. The summed E-state index contributed by atoms with van der Waals surface area (Å²) in [6.07, 6.45) is 5.93. The van der Waals surface area contributed by atoms with E-state index in [1.54, 1.807) is 11.1 Å². The first-order valence-corrected chi connectivity index (χ1v) is 12.4. The monoisotopic (exact) mass is 491 g/mol. The lowest BCUT2D eigenvalue weighted by Gasteiger charge is -2.34. The third-order valence-corrected chi connectivity index (χ3v) is 7.07. The van der Waals surface area contributed by atoms with Crippen LogP contribution in [0.25, 0.3) is 11.0 Å². The molecule has 3 aromatic heterocycles. The second kappa shape index (κ2) is 10.1. The van der Waals surface area contributed by atoms with Crippen LogP contribution in [0.2, 0.25) is 0 Å². The van der Waals surface area contributed by atoms with Gasteiger partial charge in [0.25, 0.3) is 0 Å². The molecule has 0 aliphatic carbocycles. The second-order valence-corrected chi connectivity index (χ2v) is 9.26. The lowest BCUT2D eigenvalue weighted by molar-refractivity contribution is 0.175. The number of hydrogen-bond acceptors (Lipinski definition) is 7. The molecule has 1 atom stereocenters. The van der Waals surface area contributed by atoms with Gasteiger partial charge in [0.15, 0.2) is 0 Å². The van der Waals surface area contributed by atoms with Gasteiger partial charge in [0, 0.05) is 57.1 Å². The van der Waals surface area contributed by atoms with Crippen LogP contribution in [0.4, 0.5) is 10.5 Å². The van der Waals surface area contributed by atoms with Gasteiger partial charge in [-0.3, -0.25) is 9.58 Å². The Morgan fingerprint density at radius 3 is 2.81 bits per heavy atom. The van der Waals surface area contributed by atoms with Crippen molar-refractivity contribution in [3.8, 4) is 0 Å². The Morgan fingerprint density at radius 1 is 1.22 bits per heavy atom. The van der Waals surface area contributed by atoms with Crippen LogP contribution in [0.15, 0.2) is 30.6 Å². The first-order valence-electron chi connectivity index (χ1n) is 12.4. The average molecular weight is 492 g/mol. The highest BCUT2D eigenvalue weighted by Gasteiger charge is 2.31. The van der Waals surface area contributed by atoms with E-state index in [1.165, 1.54) is 7.11 Å². The third-order valence-electron chi connectivity index (χ3n) is 7.07. The number of nitrogens with zero attached hydrogens (tertiary/aromatic N) is 8. The number of aromatic nitrogens is 7. The zero-order valence-electron chi connectivity index (χ0n) is 21.3. The highest BCUT2D eigenvalue weighted by molar-refractivity contribution is 5.95. The number of benzene rings is 1. The van der Waals surface area contributed by atoms with Crippen LogP contribution >= 0.6 is 0 Å². The third kappa shape index (κ3) is 4.46. The predicted octanol–water partition coefficient (Wildman–Crippen LogP) is 2.61. The van der Waals surface area contributed by atoms with E-state index in [4.69, 9.17) is 9.72 Å². The van der Waals surface area contributed by atoms with Gasteiger partial charge in [0.2, 0.25) is 0 Å². The van der Waals surface area contributed by atoms with Crippen molar-refractivity contribution in [1.82, 2.24) is 39.4 Å². The molecule has 0 saturated heterocycles. The van der Waals surface area contributed by atoms with Crippen LogP contribution in [0.5, 0.6) is 0 Å². The van der Waals surface area contributed by atoms with E-state index in [0.717, 1.165) is 78.7 Å². The zero-order chi connectivity index (χ0) is 25.2. The number of aryl methyl sites for hydroxylation is 4. The number of carbonyl (C=O) groups excluding carboxylic acids is 1. The lowest BCUT2D eigenvalue weighted by atomic mass is 9.96. The summed E-state index contributed by atoms with van der Waals surface area (Å²) in [5.74, 6) is 2.81. The molecule has 1 aliphatic heterocycles.